The van der Waals surface area contributed by atoms with Crippen molar-refractivity contribution in [2.24, 2.45) is 144 Å². The van der Waals surface area contributed by atoms with Gasteiger partial charge in [-0.3, -0.25) is 28.8 Å². The van der Waals surface area contributed by atoms with Gasteiger partial charge in [0, 0.05) is 24.2 Å². The molecular formula is C87H129N9O15. The Morgan fingerprint density at radius 1 is 0.486 bits per heavy atom. The van der Waals surface area contributed by atoms with Crippen LogP contribution in [-0.4, -0.2) is 131 Å². The lowest BCUT2D eigenvalue weighted by molar-refractivity contribution is -0.182. The van der Waals surface area contributed by atoms with Crippen LogP contribution in [0.5, 0.6) is 0 Å². The van der Waals surface area contributed by atoms with Crippen LogP contribution in [0.1, 0.15) is 266 Å². The first kappa shape index (κ1) is 81.4. The molecule has 2 aromatic rings. The van der Waals surface area contributed by atoms with Crippen LogP contribution in [0.15, 0.2) is 17.5 Å². The molecule has 12 fully saturated rings. The van der Waals surface area contributed by atoms with Crippen LogP contribution in [0.4, 0.5) is 0 Å². The molecule has 0 unspecified atom stereocenters. The van der Waals surface area contributed by atoms with Gasteiger partial charge in [-0.2, -0.15) is 0 Å². The van der Waals surface area contributed by atoms with Crippen molar-refractivity contribution in [1.82, 2.24) is 30.0 Å². The van der Waals surface area contributed by atoms with Gasteiger partial charge in [0.05, 0.1) is 30.7 Å². The van der Waals surface area contributed by atoms with E-state index >= 15 is 0 Å². The minimum absolute atomic E-state index is 0.00158. The molecule has 24 heteroatoms. The second-order valence-electron chi connectivity index (χ2n) is 39.5. The summed E-state index contributed by atoms with van der Waals surface area (Å²) in [6, 6.07) is 0. The van der Waals surface area contributed by atoms with E-state index in [4.69, 9.17) is 40.4 Å². The summed E-state index contributed by atoms with van der Waals surface area (Å²) in [5.74, 6) is 7.03. The first-order valence-corrected chi connectivity index (χ1v) is 43.3. The molecule has 12 saturated carbocycles. The van der Waals surface area contributed by atoms with Crippen LogP contribution < -0.4 is 0 Å². The van der Waals surface area contributed by atoms with Gasteiger partial charge in [0.25, 0.3) is 0 Å². The third-order valence-electron chi connectivity index (χ3n) is 34.9. The normalized spacial score (nSPS) is 41.8. The Bertz CT molecular complexity index is 3800. The van der Waals surface area contributed by atoms with Crippen LogP contribution in [-0.2, 0) is 83.5 Å². The van der Waals surface area contributed by atoms with Gasteiger partial charge in [0.15, 0.2) is 6.61 Å². The number of terminal acetylenes is 1. The molecule has 0 spiro atoms. The van der Waals surface area contributed by atoms with Crippen LogP contribution in [0.3, 0.4) is 0 Å². The topological polar surface area (TPSA) is 329 Å². The van der Waals surface area contributed by atoms with E-state index in [1.54, 1.807) is 12.4 Å². The third kappa shape index (κ3) is 15.6. The van der Waals surface area contributed by atoms with Gasteiger partial charge < -0.3 is 43.7 Å². The number of hydrogen-bond acceptors (Lipinski definition) is 20. The molecule has 24 nitrogen and oxygen atoms in total. The Morgan fingerprint density at radius 3 is 1.17 bits per heavy atom. The summed E-state index contributed by atoms with van der Waals surface area (Å²) in [6.07, 6.45) is 32.3. The quantitative estimate of drug-likeness (QED) is 0.0197. The van der Waals surface area contributed by atoms with Crippen LogP contribution >= 0.6 is 0 Å². The van der Waals surface area contributed by atoms with Gasteiger partial charge in [-0.15, -0.1) is 16.6 Å². The third-order valence-corrected chi connectivity index (χ3v) is 34.9. The summed E-state index contributed by atoms with van der Waals surface area (Å²) in [7, 11) is 0. The molecule has 2 heterocycles. The molecule has 2 aromatic heterocycles. The number of fused-ring (bicyclic) bond motifs is 15. The van der Waals surface area contributed by atoms with E-state index in [2.05, 4.69) is 98.9 Å². The molecule has 0 aromatic carbocycles. The largest absolute Gasteiger partial charge is 0.462 e. The SMILES string of the molecule is C#CCOC(=O)CC[C@@H](C)[C@H]1CC[C@H]2[C@@H]3CC[C@@H]4C[C@H](OC(=O)Cn5cc(COC(=O)CC[C@@H](C)[C@H]6CC[C@H]7[C@@H]8CC[C@@H]9C[C@H](OC(=O)Cn%10cc(COC(=O)CC[C@@H](C)[C@H]%11CC[C@H]%12[C@@H]%13CC[C@@H]%14C[C@H](OC(=O)CN=[N+]=[N-])CC[C@]%14(C)[C@H]%13C[C@H](O)[C@]%11%12C)nn%10)CC[C@]9(C)[C@H]8C[C@H](O)[C@]67C)nn5)CC[C@]4(C)[C@H]3C[C@H](O)[C@]12C. The van der Waals surface area contributed by atoms with Crippen molar-refractivity contribution < 1.29 is 72.5 Å². The second kappa shape index (κ2) is 32.9. The van der Waals surface area contributed by atoms with Crippen molar-refractivity contribution in [1.29, 1.82) is 0 Å². The molecule has 612 valence electrons. The Hall–Kier alpha value is -6.15. The first-order chi connectivity index (χ1) is 53.0. The summed E-state index contributed by atoms with van der Waals surface area (Å²) in [4.78, 5) is 81.0. The number of aliphatic hydroxyl groups excluding tert-OH is 3. The fourth-order valence-corrected chi connectivity index (χ4v) is 29.0. The lowest BCUT2D eigenvalue weighted by Crippen LogP contribution is -2.59. The average Bonchev–Trinajstić information content (AvgIpc) is 1.35. The number of aromatic nitrogens is 6. The van der Waals surface area contributed by atoms with E-state index in [0.29, 0.717) is 108 Å². The predicted octanol–water partition coefficient (Wildman–Crippen LogP) is 14.0. The lowest BCUT2D eigenvalue weighted by Gasteiger charge is -2.62. The van der Waals surface area contributed by atoms with Crippen LogP contribution in [0.2, 0.25) is 0 Å². The maximum atomic E-state index is 13.6. The van der Waals surface area contributed by atoms with Gasteiger partial charge in [-0.05, 0) is 318 Å². The highest BCUT2D eigenvalue weighted by Gasteiger charge is 2.68. The van der Waals surface area contributed by atoms with Gasteiger partial charge in [0.2, 0.25) is 0 Å². The van der Waals surface area contributed by atoms with Crippen molar-refractivity contribution in [3.8, 4) is 12.3 Å². The van der Waals surface area contributed by atoms with E-state index in [1.165, 1.54) is 9.36 Å². The maximum absolute atomic E-state index is 13.6. The zero-order chi connectivity index (χ0) is 78.7. The molecule has 0 aliphatic heterocycles. The summed E-state index contributed by atoms with van der Waals surface area (Å²) < 4.78 is 37.6. The minimum Gasteiger partial charge on any atom is -0.462 e. The fourth-order valence-electron chi connectivity index (χ4n) is 29.0. The van der Waals surface area contributed by atoms with Crippen LogP contribution in [0, 0.1) is 151 Å². The number of carbonyl (C=O) groups excluding carboxylic acids is 6. The molecule has 0 amide bonds. The smallest absolute Gasteiger partial charge is 0.328 e. The van der Waals surface area contributed by atoms with E-state index in [-0.39, 0.29) is 163 Å². The number of carbonyl (C=O) groups is 6. The molecule has 12 aliphatic carbocycles. The van der Waals surface area contributed by atoms with Crippen LogP contribution in [0.25, 0.3) is 10.4 Å². The molecule has 0 saturated heterocycles. The summed E-state index contributed by atoms with van der Waals surface area (Å²) in [6.45, 7) is 20.4. The van der Waals surface area contributed by atoms with Gasteiger partial charge in [0.1, 0.15) is 62.5 Å². The zero-order valence-electron chi connectivity index (χ0n) is 67.8. The van der Waals surface area contributed by atoms with Gasteiger partial charge in [-0.1, -0.05) is 83.8 Å². The monoisotopic (exact) mass is 1540 g/mol. The number of aliphatic hydroxyl groups is 3. The Morgan fingerprint density at radius 2 is 0.829 bits per heavy atom. The number of ether oxygens (including phenoxy) is 6. The van der Waals surface area contributed by atoms with Crippen molar-refractivity contribution in [3.63, 3.8) is 0 Å². The molecule has 12 aliphatic rings. The minimum atomic E-state index is -0.471. The lowest BCUT2D eigenvalue weighted by atomic mass is 9.43. The number of rotatable bonds is 26. The molecule has 111 heavy (non-hydrogen) atoms. The average molecular weight is 1540 g/mol. The first-order valence-electron chi connectivity index (χ1n) is 43.3. The van der Waals surface area contributed by atoms with E-state index in [1.807, 2.05) is 0 Å². The number of azide groups is 1. The summed E-state index contributed by atoms with van der Waals surface area (Å²) >= 11 is 0. The van der Waals surface area contributed by atoms with E-state index < -0.39 is 24.3 Å². The molecular weight excluding hydrogens is 1410 g/mol. The van der Waals surface area contributed by atoms with Gasteiger partial charge >= 0.3 is 35.8 Å². The number of esters is 6. The maximum Gasteiger partial charge on any atom is 0.328 e. The predicted molar refractivity (Wildman–Crippen MR) is 408 cm³/mol. The number of hydrogen-bond donors (Lipinski definition) is 3. The van der Waals surface area contributed by atoms with E-state index in [0.717, 1.165) is 161 Å². The Kier molecular flexibility index (Phi) is 24.1. The molecule has 0 bridgehead atoms. The zero-order valence-corrected chi connectivity index (χ0v) is 67.8. The summed E-state index contributed by atoms with van der Waals surface area (Å²) in [5, 5.41) is 56.9. The van der Waals surface area contributed by atoms with Crippen molar-refractivity contribution in [3.05, 3.63) is 34.2 Å². The second-order valence-corrected chi connectivity index (χ2v) is 39.5. The Balaban J connectivity index is 0.474. The van der Waals surface area contributed by atoms with Crippen molar-refractivity contribution >= 4 is 35.8 Å². The van der Waals surface area contributed by atoms with Crippen molar-refractivity contribution in [2.45, 2.75) is 318 Å². The fraction of sp³-hybridized carbons (Fsp3) is 0.862. The highest BCUT2D eigenvalue weighted by molar-refractivity contribution is 5.72. The summed E-state index contributed by atoms with van der Waals surface area (Å²) in [5.41, 5.74) is 9.01. The van der Waals surface area contributed by atoms with Crippen molar-refractivity contribution in [2.75, 3.05) is 13.2 Å². The Labute approximate surface area is 656 Å². The molecule has 30 atom stereocenters. The standard InChI is InChI=1S/C87H129N9O15/c1-11-36-106-76(100)27-12-50(2)64-21-24-67-62-19-16-54-38-59(31-34-83(54,6)71(62)41-73(97)85(64,67)8)110-80(104)46-95-45-57(91-93-95)49-108-78(102)29-14-52(4)66-23-26-69-63-20-17-55-39-60(32-35-84(55,7)72(63)42-75(99)87(66,69)10)111-81(105)47-96-44-56(90-94-96)48-107-77(101)28-13-51(3)65-22-25-68-61-18-15-53-37-58(109-79(103)43-89-92-88)30-33-82(53,5)70(61)40-74(98)86(65,68)9/h1,44-45,50-55,58-75,97-99H,12-43,46-49H2,2-10H3/t50-,51-,52-,53-,54-,55-,58-,59-,60-,61+,62+,63+,64-,65-,66-,67+,68+,69+,70+,71+,72+,73+,74+,75+,82+,83+,84+,85-,86-,87-/m1/s1. The highest BCUT2D eigenvalue weighted by Crippen LogP contribution is 2.72. The highest BCUT2D eigenvalue weighted by atomic mass is 16.6. The van der Waals surface area contributed by atoms with E-state index in [9.17, 15) is 44.1 Å². The molecule has 3 N–H and O–H groups in total. The molecule has 0 radical (unpaired) electrons. The number of nitrogens with zero attached hydrogens (tertiary/aromatic N) is 9. The molecule has 14 rings (SSSR count). The van der Waals surface area contributed by atoms with Gasteiger partial charge in [-0.25, -0.2) is 9.36 Å².